The van der Waals surface area contributed by atoms with Crippen LogP contribution in [-0.2, 0) is 6.61 Å². The minimum absolute atomic E-state index is 0.0940. The van der Waals surface area contributed by atoms with Gasteiger partial charge in [0.15, 0.2) is 5.76 Å². The van der Waals surface area contributed by atoms with Gasteiger partial charge in [-0.15, -0.1) is 0 Å². The first-order chi connectivity index (χ1) is 16.1. The molecule has 0 saturated heterocycles. The quantitative estimate of drug-likeness (QED) is 0.316. The van der Waals surface area contributed by atoms with Crippen LogP contribution in [0.15, 0.2) is 96.8 Å². The molecule has 0 fully saturated rings. The van der Waals surface area contributed by atoms with Crippen LogP contribution >= 0.6 is 0 Å². The number of ketones is 1. The first-order valence-electron chi connectivity index (χ1n) is 10.7. The highest BCUT2D eigenvalue weighted by Gasteiger charge is 2.30. The van der Waals surface area contributed by atoms with Gasteiger partial charge in [0, 0.05) is 11.1 Å². The number of carbonyl (C=O) groups is 1. The van der Waals surface area contributed by atoms with Gasteiger partial charge in [0.1, 0.15) is 23.9 Å². The van der Waals surface area contributed by atoms with E-state index >= 15 is 0 Å². The maximum absolute atomic E-state index is 13.9. The summed E-state index contributed by atoms with van der Waals surface area (Å²) in [5.41, 5.74) is 4.79. The molecule has 1 heterocycles. The summed E-state index contributed by atoms with van der Waals surface area (Å²) in [6.45, 7) is 1.93. The Morgan fingerprint density at radius 1 is 0.848 bits per heavy atom. The summed E-state index contributed by atoms with van der Waals surface area (Å²) < 4.78 is 25.7. The number of hydrogen-bond acceptors (Lipinski definition) is 3. The molecule has 5 rings (SSSR count). The van der Waals surface area contributed by atoms with Gasteiger partial charge in [0.05, 0.1) is 5.56 Å². The number of ether oxygens (including phenoxy) is 2. The van der Waals surface area contributed by atoms with Crippen molar-refractivity contribution in [2.24, 2.45) is 0 Å². The third-order valence-electron chi connectivity index (χ3n) is 5.69. The number of halogens is 1. The van der Waals surface area contributed by atoms with Crippen LogP contribution in [0.2, 0.25) is 0 Å². The molecule has 0 N–H and O–H groups in total. The summed E-state index contributed by atoms with van der Waals surface area (Å²) in [5, 5.41) is 0. The second-order valence-corrected chi connectivity index (χ2v) is 7.87. The predicted molar refractivity (Wildman–Crippen MR) is 127 cm³/mol. The minimum atomic E-state index is -0.314. The van der Waals surface area contributed by atoms with Crippen LogP contribution in [0.25, 0.3) is 17.2 Å². The minimum Gasteiger partial charge on any atom is -0.488 e. The third kappa shape index (κ3) is 4.15. The van der Waals surface area contributed by atoms with Crippen LogP contribution in [0.4, 0.5) is 4.39 Å². The van der Waals surface area contributed by atoms with Crippen molar-refractivity contribution in [2.75, 3.05) is 0 Å². The van der Waals surface area contributed by atoms with Gasteiger partial charge in [-0.25, -0.2) is 4.39 Å². The predicted octanol–water partition coefficient (Wildman–Crippen LogP) is 7.00. The molecular weight excluding hydrogens is 415 g/mol. The molecule has 33 heavy (non-hydrogen) atoms. The highest BCUT2D eigenvalue weighted by molar-refractivity contribution is 6.15. The fourth-order valence-corrected chi connectivity index (χ4v) is 3.85. The molecule has 0 spiro atoms. The summed E-state index contributed by atoms with van der Waals surface area (Å²) in [5.74, 6) is 0.829. The summed E-state index contributed by atoms with van der Waals surface area (Å²) >= 11 is 0. The van der Waals surface area contributed by atoms with Crippen molar-refractivity contribution in [2.45, 2.75) is 13.5 Å². The number of fused-ring (bicyclic) bond motifs is 1. The lowest BCUT2D eigenvalue weighted by Gasteiger charge is -2.12. The van der Waals surface area contributed by atoms with Gasteiger partial charge in [-0.05, 0) is 47.9 Å². The second kappa shape index (κ2) is 8.75. The van der Waals surface area contributed by atoms with Crippen LogP contribution in [0.5, 0.6) is 11.5 Å². The Morgan fingerprint density at radius 3 is 2.30 bits per heavy atom. The standard InChI is InChI=1S/C29H21FO3/c1-19-26(32-18-23-9-5-6-10-25(23)30)16-15-24-28(31)27(33-29(19)24)17-20-11-13-22(14-12-20)21-7-3-2-4-8-21/h2-17H,18H2,1H3/b27-17-. The lowest BCUT2D eigenvalue weighted by molar-refractivity contribution is 0.101. The molecule has 0 aliphatic carbocycles. The first-order valence-corrected chi connectivity index (χ1v) is 10.7. The zero-order chi connectivity index (χ0) is 22.8. The summed E-state index contributed by atoms with van der Waals surface area (Å²) in [6, 6.07) is 28.0. The van der Waals surface area contributed by atoms with E-state index in [1.807, 2.05) is 49.4 Å². The number of carbonyl (C=O) groups excluding carboxylic acids is 1. The Labute approximate surface area is 191 Å². The van der Waals surface area contributed by atoms with Crippen molar-refractivity contribution in [3.05, 3.63) is 125 Å². The van der Waals surface area contributed by atoms with Crippen molar-refractivity contribution >= 4 is 11.9 Å². The maximum atomic E-state index is 13.9. The molecule has 0 bridgehead atoms. The highest BCUT2D eigenvalue weighted by atomic mass is 19.1. The van der Waals surface area contributed by atoms with Gasteiger partial charge in [0.2, 0.25) is 5.78 Å². The normalized spacial score (nSPS) is 13.6. The Hall–Kier alpha value is -4.18. The lowest BCUT2D eigenvalue weighted by Crippen LogP contribution is -2.00. The van der Waals surface area contributed by atoms with Crippen molar-refractivity contribution in [3.8, 4) is 22.6 Å². The van der Waals surface area contributed by atoms with Gasteiger partial charge >= 0.3 is 0 Å². The molecule has 0 radical (unpaired) electrons. The SMILES string of the molecule is Cc1c(OCc2ccccc2F)ccc2c1O/C(=C\c1ccc(-c3ccccc3)cc1)C2=O. The van der Waals surface area contributed by atoms with E-state index in [0.29, 0.717) is 28.2 Å². The van der Waals surface area contributed by atoms with E-state index < -0.39 is 0 Å². The summed E-state index contributed by atoms with van der Waals surface area (Å²) in [4.78, 5) is 12.9. The number of allylic oxidation sites excluding steroid dienone is 1. The van der Waals surface area contributed by atoms with E-state index in [2.05, 4.69) is 12.1 Å². The molecule has 0 aromatic heterocycles. The van der Waals surface area contributed by atoms with Crippen LogP contribution in [-0.4, -0.2) is 5.78 Å². The molecule has 4 aromatic carbocycles. The topological polar surface area (TPSA) is 35.5 Å². The lowest BCUT2D eigenvalue weighted by atomic mass is 10.0. The van der Waals surface area contributed by atoms with Crippen LogP contribution in [0.3, 0.4) is 0 Å². The highest BCUT2D eigenvalue weighted by Crippen LogP contribution is 2.39. The second-order valence-electron chi connectivity index (χ2n) is 7.87. The summed E-state index contributed by atoms with van der Waals surface area (Å²) in [6.07, 6.45) is 1.75. The van der Waals surface area contributed by atoms with E-state index in [1.165, 1.54) is 6.07 Å². The fraction of sp³-hybridized carbons (Fsp3) is 0.0690. The molecule has 1 aliphatic heterocycles. The zero-order valence-corrected chi connectivity index (χ0v) is 18.0. The average Bonchev–Trinajstić information content (AvgIpc) is 3.16. The molecule has 4 heteroatoms. The Morgan fingerprint density at radius 2 is 1.55 bits per heavy atom. The Kier molecular flexibility index (Phi) is 5.49. The average molecular weight is 436 g/mol. The van der Waals surface area contributed by atoms with Gasteiger partial charge in [0.25, 0.3) is 0 Å². The van der Waals surface area contributed by atoms with E-state index in [-0.39, 0.29) is 24.0 Å². The van der Waals surface area contributed by atoms with Crippen molar-refractivity contribution in [3.63, 3.8) is 0 Å². The van der Waals surface area contributed by atoms with E-state index in [9.17, 15) is 9.18 Å². The number of Topliss-reactive ketones (excluding diaryl/α,β-unsaturated/α-hetero) is 1. The molecule has 162 valence electrons. The molecule has 3 nitrogen and oxygen atoms in total. The van der Waals surface area contributed by atoms with Crippen molar-refractivity contribution in [1.29, 1.82) is 0 Å². The molecule has 1 aliphatic rings. The van der Waals surface area contributed by atoms with Crippen LogP contribution in [0, 0.1) is 12.7 Å². The van der Waals surface area contributed by atoms with Gasteiger partial charge in [-0.1, -0.05) is 72.8 Å². The Balaban J connectivity index is 1.35. The van der Waals surface area contributed by atoms with Gasteiger partial charge < -0.3 is 9.47 Å². The number of rotatable bonds is 5. The summed E-state index contributed by atoms with van der Waals surface area (Å²) in [7, 11) is 0. The number of hydrogen-bond donors (Lipinski definition) is 0. The molecule has 0 amide bonds. The monoisotopic (exact) mass is 436 g/mol. The largest absolute Gasteiger partial charge is 0.488 e. The smallest absolute Gasteiger partial charge is 0.231 e. The molecule has 0 saturated carbocycles. The Bertz CT molecular complexity index is 1360. The van der Waals surface area contributed by atoms with Gasteiger partial charge in [-0.3, -0.25) is 4.79 Å². The zero-order valence-electron chi connectivity index (χ0n) is 18.0. The first kappa shape index (κ1) is 20.7. The van der Waals surface area contributed by atoms with E-state index in [1.54, 1.807) is 36.4 Å². The van der Waals surface area contributed by atoms with Crippen LogP contribution in [0.1, 0.15) is 27.0 Å². The molecular formula is C29H21FO3. The molecule has 0 atom stereocenters. The third-order valence-corrected chi connectivity index (χ3v) is 5.69. The van der Waals surface area contributed by atoms with E-state index in [4.69, 9.17) is 9.47 Å². The number of benzene rings is 4. The van der Waals surface area contributed by atoms with Gasteiger partial charge in [-0.2, -0.15) is 0 Å². The molecule has 4 aromatic rings. The van der Waals surface area contributed by atoms with Crippen molar-refractivity contribution in [1.82, 2.24) is 0 Å². The van der Waals surface area contributed by atoms with Crippen molar-refractivity contribution < 1.29 is 18.7 Å². The fourth-order valence-electron chi connectivity index (χ4n) is 3.85. The van der Waals surface area contributed by atoms with Crippen LogP contribution < -0.4 is 9.47 Å². The van der Waals surface area contributed by atoms with E-state index in [0.717, 1.165) is 16.7 Å². The molecule has 0 unspecified atom stereocenters. The maximum Gasteiger partial charge on any atom is 0.231 e.